The van der Waals surface area contributed by atoms with Crippen molar-refractivity contribution >= 4 is 17.3 Å². The van der Waals surface area contributed by atoms with E-state index < -0.39 is 5.56 Å². The van der Waals surface area contributed by atoms with Crippen LogP contribution in [0.5, 0.6) is 0 Å². The number of aromatic nitrogens is 2. The van der Waals surface area contributed by atoms with Crippen molar-refractivity contribution in [1.29, 1.82) is 0 Å². The van der Waals surface area contributed by atoms with Crippen LogP contribution >= 0.6 is 11.6 Å². The Kier molecular flexibility index (Phi) is 4.33. The van der Waals surface area contributed by atoms with Crippen LogP contribution in [-0.2, 0) is 6.54 Å². The molecule has 0 atom stereocenters. The van der Waals surface area contributed by atoms with E-state index in [9.17, 15) is 4.79 Å². The van der Waals surface area contributed by atoms with E-state index in [4.69, 9.17) is 16.7 Å². The molecule has 1 heterocycles. The van der Waals surface area contributed by atoms with Crippen molar-refractivity contribution in [1.82, 2.24) is 9.78 Å². The smallest absolute Gasteiger partial charge is 0.287 e. The molecule has 15 heavy (non-hydrogen) atoms. The van der Waals surface area contributed by atoms with Crippen LogP contribution in [0.1, 0.15) is 0 Å². The first-order chi connectivity index (χ1) is 7.20. The maximum absolute atomic E-state index is 11.5. The Balaban J connectivity index is 2.98. The zero-order valence-electron chi connectivity index (χ0n) is 8.11. The number of halogens is 1. The molecule has 0 aromatic carbocycles. The molecule has 0 aliphatic carbocycles. The van der Waals surface area contributed by atoms with Crippen LogP contribution in [0.4, 0.5) is 5.69 Å². The lowest BCUT2D eigenvalue weighted by molar-refractivity contribution is 0.266. The Labute approximate surface area is 92.0 Å². The quantitative estimate of drug-likeness (QED) is 0.721. The molecule has 2 N–H and O–H groups in total. The van der Waals surface area contributed by atoms with Crippen LogP contribution in [0.2, 0.25) is 5.02 Å². The fraction of sp³-hybridized carbons (Fsp3) is 0.333. The first-order valence-electron chi connectivity index (χ1n) is 4.42. The zero-order chi connectivity index (χ0) is 11.3. The van der Waals surface area contributed by atoms with Gasteiger partial charge in [-0.05, 0) is 0 Å². The molecule has 1 rings (SSSR count). The summed E-state index contributed by atoms with van der Waals surface area (Å²) < 4.78 is 1.11. The van der Waals surface area contributed by atoms with E-state index in [0.29, 0.717) is 12.2 Å². The third-order valence-corrected chi connectivity index (χ3v) is 2.10. The largest absolute Gasteiger partial charge is 0.394 e. The molecule has 82 valence electrons. The Hall–Kier alpha value is -1.33. The predicted octanol–water partition coefficient (Wildman–Crippen LogP) is 0.487. The number of hydrogen-bond donors (Lipinski definition) is 2. The summed E-state index contributed by atoms with van der Waals surface area (Å²) in [6.07, 6.45) is 3.10. The van der Waals surface area contributed by atoms with Gasteiger partial charge in [0.2, 0.25) is 0 Å². The van der Waals surface area contributed by atoms with Crippen molar-refractivity contribution < 1.29 is 5.11 Å². The summed E-state index contributed by atoms with van der Waals surface area (Å²) in [4.78, 5) is 11.5. The first-order valence-corrected chi connectivity index (χ1v) is 4.79. The van der Waals surface area contributed by atoms with E-state index in [2.05, 4.69) is 17.0 Å². The number of nitrogens with one attached hydrogen (secondary N) is 1. The molecular formula is C9H12ClN3O2. The second-order valence-electron chi connectivity index (χ2n) is 2.79. The van der Waals surface area contributed by atoms with E-state index in [1.54, 1.807) is 6.08 Å². The minimum absolute atomic E-state index is 0.0697. The van der Waals surface area contributed by atoms with Crippen LogP contribution in [0.15, 0.2) is 23.6 Å². The molecule has 0 amide bonds. The Morgan fingerprint density at radius 1 is 1.73 bits per heavy atom. The van der Waals surface area contributed by atoms with E-state index in [1.165, 1.54) is 6.20 Å². The van der Waals surface area contributed by atoms with Gasteiger partial charge in [-0.2, -0.15) is 5.10 Å². The summed E-state index contributed by atoms with van der Waals surface area (Å²) in [6.45, 7) is 4.03. The van der Waals surface area contributed by atoms with E-state index in [0.717, 1.165) is 4.68 Å². The summed E-state index contributed by atoms with van der Waals surface area (Å²) in [7, 11) is 0. The number of anilines is 1. The SMILES string of the molecule is C=CCNc1cnn(CCO)c(=O)c1Cl. The van der Waals surface area contributed by atoms with Gasteiger partial charge in [-0.3, -0.25) is 4.79 Å². The van der Waals surface area contributed by atoms with Gasteiger partial charge in [0.25, 0.3) is 5.56 Å². The molecule has 1 aromatic rings. The minimum atomic E-state index is -0.417. The van der Waals surface area contributed by atoms with Gasteiger partial charge >= 0.3 is 0 Å². The van der Waals surface area contributed by atoms with Gasteiger partial charge in [0, 0.05) is 6.54 Å². The van der Waals surface area contributed by atoms with Gasteiger partial charge in [-0.15, -0.1) is 6.58 Å². The van der Waals surface area contributed by atoms with Crippen molar-refractivity contribution in [2.45, 2.75) is 6.54 Å². The molecule has 6 heteroatoms. The molecule has 0 aliphatic heterocycles. The van der Waals surface area contributed by atoms with Crippen LogP contribution in [0.3, 0.4) is 0 Å². The normalized spacial score (nSPS) is 10.0. The Morgan fingerprint density at radius 3 is 3.07 bits per heavy atom. The van der Waals surface area contributed by atoms with Gasteiger partial charge in [0.1, 0.15) is 5.02 Å². The number of aliphatic hydroxyl groups excluding tert-OH is 1. The molecule has 0 unspecified atom stereocenters. The first kappa shape index (κ1) is 11.7. The van der Waals surface area contributed by atoms with Crippen molar-refractivity contribution in [3.8, 4) is 0 Å². The van der Waals surface area contributed by atoms with Crippen molar-refractivity contribution in [3.05, 3.63) is 34.2 Å². The number of aliphatic hydroxyl groups is 1. The van der Waals surface area contributed by atoms with Crippen LogP contribution in [0, 0.1) is 0 Å². The molecule has 0 fully saturated rings. The third kappa shape index (κ3) is 2.81. The van der Waals surface area contributed by atoms with Crippen molar-refractivity contribution in [2.24, 2.45) is 0 Å². The highest BCUT2D eigenvalue weighted by Gasteiger charge is 2.07. The van der Waals surface area contributed by atoms with E-state index in [-0.39, 0.29) is 18.2 Å². The molecule has 0 saturated heterocycles. The summed E-state index contributed by atoms with van der Waals surface area (Å²) in [5.74, 6) is 0. The van der Waals surface area contributed by atoms with Crippen LogP contribution in [-0.4, -0.2) is 28.0 Å². The van der Waals surface area contributed by atoms with Gasteiger partial charge in [0.15, 0.2) is 0 Å². The second-order valence-corrected chi connectivity index (χ2v) is 3.17. The van der Waals surface area contributed by atoms with Crippen molar-refractivity contribution in [3.63, 3.8) is 0 Å². The molecule has 0 aliphatic rings. The Morgan fingerprint density at radius 2 is 2.47 bits per heavy atom. The summed E-state index contributed by atoms with van der Waals surface area (Å²) in [5.41, 5.74) is 0.0514. The molecule has 0 saturated carbocycles. The monoisotopic (exact) mass is 229 g/mol. The number of nitrogens with zero attached hydrogens (tertiary/aromatic N) is 2. The molecule has 1 aromatic heterocycles. The van der Waals surface area contributed by atoms with Crippen LogP contribution < -0.4 is 10.9 Å². The lowest BCUT2D eigenvalue weighted by atomic mass is 10.4. The number of rotatable bonds is 5. The fourth-order valence-corrected chi connectivity index (χ4v) is 1.24. The summed E-state index contributed by atoms with van der Waals surface area (Å²) in [6, 6.07) is 0. The summed E-state index contributed by atoms with van der Waals surface area (Å²) >= 11 is 5.82. The third-order valence-electron chi connectivity index (χ3n) is 1.73. The standard InChI is InChI=1S/C9H12ClN3O2/c1-2-3-11-7-6-12-13(4-5-14)9(15)8(7)10/h2,6,11,14H,1,3-5H2. The van der Waals surface area contributed by atoms with E-state index >= 15 is 0 Å². The second kappa shape index (κ2) is 5.53. The van der Waals surface area contributed by atoms with Gasteiger partial charge in [0.05, 0.1) is 25.0 Å². The van der Waals surface area contributed by atoms with Crippen LogP contribution in [0.25, 0.3) is 0 Å². The average Bonchev–Trinajstić information content (AvgIpc) is 2.24. The highest BCUT2D eigenvalue weighted by Crippen LogP contribution is 2.14. The molecule has 0 spiro atoms. The average molecular weight is 230 g/mol. The van der Waals surface area contributed by atoms with Gasteiger partial charge < -0.3 is 10.4 Å². The summed E-state index contributed by atoms with van der Waals surface area (Å²) in [5, 5.41) is 15.5. The maximum atomic E-state index is 11.5. The highest BCUT2D eigenvalue weighted by molar-refractivity contribution is 6.32. The lowest BCUT2D eigenvalue weighted by Gasteiger charge is -2.07. The fourth-order valence-electron chi connectivity index (χ4n) is 1.02. The molecule has 0 radical (unpaired) electrons. The highest BCUT2D eigenvalue weighted by atomic mass is 35.5. The van der Waals surface area contributed by atoms with Gasteiger partial charge in [-0.1, -0.05) is 17.7 Å². The molecule has 0 bridgehead atoms. The van der Waals surface area contributed by atoms with Crippen molar-refractivity contribution in [2.75, 3.05) is 18.5 Å². The number of hydrogen-bond acceptors (Lipinski definition) is 4. The van der Waals surface area contributed by atoms with E-state index in [1.807, 2.05) is 0 Å². The predicted molar refractivity (Wildman–Crippen MR) is 59.3 cm³/mol. The molecule has 5 nitrogen and oxygen atoms in total. The minimum Gasteiger partial charge on any atom is -0.394 e. The topological polar surface area (TPSA) is 67.2 Å². The zero-order valence-corrected chi connectivity index (χ0v) is 8.87. The lowest BCUT2D eigenvalue weighted by Crippen LogP contribution is -2.25. The Bertz CT molecular complexity index is 403. The maximum Gasteiger partial charge on any atom is 0.287 e. The van der Waals surface area contributed by atoms with Gasteiger partial charge in [-0.25, -0.2) is 4.68 Å². The molecular weight excluding hydrogens is 218 g/mol.